The van der Waals surface area contributed by atoms with Gasteiger partial charge in [-0.15, -0.1) is 0 Å². The number of ether oxygens (including phenoxy) is 3. The largest absolute Gasteiger partial charge is 0.478 e. The molecule has 3 heterocycles. The summed E-state index contributed by atoms with van der Waals surface area (Å²) in [6, 6.07) is 16.7. The van der Waals surface area contributed by atoms with Crippen molar-refractivity contribution < 1.29 is 33.3 Å². The molecule has 3 aliphatic heterocycles. The van der Waals surface area contributed by atoms with Crippen LogP contribution in [-0.2, 0) is 21.5 Å². The number of aliphatic carboxylic acids is 1. The van der Waals surface area contributed by atoms with E-state index in [9.17, 15) is 19.1 Å². The average Bonchev–Trinajstić information content (AvgIpc) is 3.41. The van der Waals surface area contributed by atoms with Crippen LogP contribution in [0.4, 0.5) is 10.1 Å². The van der Waals surface area contributed by atoms with Crippen LogP contribution >= 0.6 is 0 Å². The molecule has 35 heavy (non-hydrogen) atoms. The van der Waals surface area contributed by atoms with Crippen LogP contribution in [0.2, 0.25) is 0 Å². The molecule has 7 nitrogen and oxygen atoms in total. The summed E-state index contributed by atoms with van der Waals surface area (Å²) in [7, 11) is 0. The molecule has 0 fully saturated rings. The monoisotopic (exact) mass is 475 g/mol. The van der Waals surface area contributed by atoms with Crippen LogP contribution in [0.15, 0.2) is 60.7 Å². The second-order valence-corrected chi connectivity index (χ2v) is 9.07. The Labute approximate surface area is 200 Å². The lowest BCUT2D eigenvalue weighted by molar-refractivity contribution is -0.159. The van der Waals surface area contributed by atoms with Crippen LogP contribution in [-0.4, -0.2) is 29.4 Å². The Morgan fingerprint density at radius 2 is 1.74 bits per heavy atom. The Balaban J connectivity index is 1.58. The van der Waals surface area contributed by atoms with E-state index in [1.807, 2.05) is 24.3 Å². The molecule has 0 radical (unpaired) electrons. The summed E-state index contributed by atoms with van der Waals surface area (Å²) in [5.41, 5.74) is -0.234. The number of anilines is 1. The van der Waals surface area contributed by atoms with E-state index in [0.717, 1.165) is 5.56 Å². The molecule has 6 rings (SSSR count). The van der Waals surface area contributed by atoms with Crippen LogP contribution in [0.3, 0.4) is 0 Å². The first-order valence-electron chi connectivity index (χ1n) is 11.4. The molecule has 0 aromatic heterocycles. The van der Waals surface area contributed by atoms with Gasteiger partial charge in [-0.1, -0.05) is 37.3 Å². The second kappa shape index (κ2) is 7.46. The van der Waals surface area contributed by atoms with Crippen molar-refractivity contribution in [1.82, 2.24) is 0 Å². The molecule has 3 aromatic carbocycles. The lowest BCUT2D eigenvalue weighted by Crippen LogP contribution is -2.56. The van der Waals surface area contributed by atoms with Gasteiger partial charge >= 0.3 is 5.97 Å². The number of para-hydroxylation sites is 1. The fourth-order valence-corrected chi connectivity index (χ4v) is 5.46. The van der Waals surface area contributed by atoms with E-state index in [4.69, 9.17) is 14.2 Å². The van der Waals surface area contributed by atoms with Crippen molar-refractivity contribution >= 4 is 17.6 Å². The summed E-state index contributed by atoms with van der Waals surface area (Å²) < 4.78 is 30.7. The number of halogens is 1. The number of benzene rings is 3. The smallest absolute Gasteiger partial charge is 0.348 e. The van der Waals surface area contributed by atoms with Crippen molar-refractivity contribution in [2.45, 2.75) is 37.3 Å². The van der Waals surface area contributed by atoms with Gasteiger partial charge in [-0.25, -0.2) is 9.18 Å². The number of hydrogen-bond acceptors (Lipinski definition) is 5. The minimum atomic E-state index is -1.62. The van der Waals surface area contributed by atoms with Gasteiger partial charge in [0.2, 0.25) is 18.3 Å². The van der Waals surface area contributed by atoms with E-state index < -0.39 is 17.0 Å². The number of fused-ring (bicyclic) bond motifs is 5. The highest BCUT2D eigenvalue weighted by molar-refractivity contribution is 6.11. The van der Waals surface area contributed by atoms with Gasteiger partial charge in [0.1, 0.15) is 17.0 Å². The van der Waals surface area contributed by atoms with E-state index in [1.165, 1.54) is 12.1 Å². The predicted molar refractivity (Wildman–Crippen MR) is 123 cm³/mol. The molecule has 1 N–H and O–H groups in total. The number of hydrogen-bond donors (Lipinski definition) is 1. The van der Waals surface area contributed by atoms with Gasteiger partial charge in [-0.05, 0) is 41.8 Å². The predicted octanol–water partition coefficient (Wildman–Crippen LogP) is 4.40. The number of carbonyl (C=O) groups excluding carboxylic acids is 1. The van der Waals surface area contributed by atoms with E-state index in [0.29, 0.717) is 28.3 Å². The third-order valence-corrected chi connectivity index (χ3v) is 7.27. The number of carboxylic acid groups (broad SMARTS) is 1. The second-order valence-electron chi connectivity index (χ2n) is 9.07. The Hall–Kier alpha value is -4.07. The van der Waals surface area contributed by atoms with Crippen LogP contribution < -0.4 is 19.1 Å². The van der Waals surface area contributed by atoms with Gasteiger partial charge < -0.3 is 24.2 Å². The third kappa shape index (κ3) is 2.95. The van der Waals surface area contributed by atoms with Crippen molar-refractivity contribution in [2.75, 3.05) is 11.7 Å². The summed E-state index contributed by atoms with van der Waals surface area (Å²) in [5, 5.41) is 10.3. The zero-order chi connectivity index (χ0) is 24.4. The van der Waals surface area contributed by atoms with E-state index in [1.54, 1.807) is 36.1 Å². The molecule has 2 unspecified atom stereocenters. The van der Waals surface area contributed by atoms with Gasteiger partial charge in [-0.2, -0.15) is 0 Å². The molecule has 2 atom stereocenters. The molecule has 3 aromatic rings. The van der Waals surface area contributed by atoms with Gasteiger partial charge in [0.05, 0.1) is 6.54 Å². The minimum Gasteiger partial charge on any atom is -0.478 e. The standard InChI is InChI=1S/C27H22FNO6/c1-2-26(25(31)32)14-27(19-11-22-23(34-15-33-22)12-21(19)35-26)18-5-3-4-6-20(18)29(24(27)30)13-16-7-9-17(28)10-8-16/h3-12H,2,13-15H2,1H3,(H,31,32). The highest BCUT2D eigenvalue weighted by Crippen LogP contribution is 2.58. The Bertz CT molecular complexity index is 1370. The summed E-state index contributed by atoms with van der Waals surface area (Å²) in [6.45, 7) is 1.98. The van der Waals surface area contributed by atoms with Gasteiger partial charge in [-0.3, -0.25) is 4.79 Å². The number of rotatable bonds is 4. The van der Waals surface area contributed by atoms with Gasteiger partial charge in [0.25, 0.3) is 0 Å². The van der Waals surface area contributed by atoms with Gasteiger partial charge in [0, 0.05) is 23.7 Å². The van der Waals surface area contributed by atoms with Crippen LogP contribution in [0.25, 0.3) is 0 Å². The molecular weight excluding hydrogens is 453 g/mol. The summed E-state index contributed by atoms with van der Waals surface area (Å²) in [4.78, 5) is 28.6. The Morgan fingerprint density at radius 3 is 2.46 bits per heavy atom. The molecule has 3 aliphatic rings. The maximum atomic E-state index is 14.4. The number of amides is 1. The number of nitrogens with zero attached hydrogens (tertiary/aromatic N) is 1. The summed E-state index contributed by atoms with van der Waals surface area (Å²) in [6.07, 6.45) is 0.0830. The number of carboxylic acids is 1. The lowest BCUT2D eigenvalue weighted by Gasteiger charge is -2.44. The first-order valence-corrected chi connectivity index (χ1v) is 11.4. The molecule has 1 amide bonds. The average molecular weight is 475 g/mol. The summed E-state index contributed by atoms with van der Waals surface area (Å²) in [5.74, 6) is -0.541. The third-order valence-electron chi connectivity index (χ3n) is 7.27. The number of carbonyl (C=O) groups is 2. The maximum Gasteiger partial charge on any atom is 0.348 e. The molecule has 1 spiro atoms. The van der Waals surface area contributed by atoms with E-state index >= 15 is 0 Å². The van der Waals surface area contributed by atoms with Crippen molar-refractivity contribution in [2.24, 2.45) is 0 Å². The fraction of sp³-hybridized carbons (Fsp3) is 0.259. The Kier molecular flexibility index (Phi) is 4.58. The van der Waals surface area contributed by atoms with Crippen molar-refractivity contribution in [1.29, 1.82) is 0 Å². The van der Waals surface area contributed by atoms with Gasteiger partial charge in [0.15, 0.2) is 11.5 Å². The van der Waals surface area contributed by atoms with Crippen molar-refractivity contribution in [3.63, 3.8) is 0 Å². The van der Waals surface area contributed by atoms with Crippen molar-refractivity contribution in [3.8, 4) is 17.2 Å². The SMILES string of the molecule is CCC1(C(=O)O)CC2(C(=O)N(Cc3ccc(F)cc3)c3ccccc32)c2cc3c(cc2O1)OCO3. The zero-order valence-corrected chi connectivity index (χ0v) is 18.9. The molecule has 0 bridgehead atoms. The Morgan fingerprint density at radius 1 is 1.03 bits per heavy atom. The maximum absolute atomic E-state index is 14.4. The molecular formula is C27H22FNO6. The van der Waals surface area contributed by atoms with Crippen LogP contribution in [0.1, 0.15) is 36.5 Å². The van der Waals surface area contributed by atoms with Crippen LogP contribution in [0, 0.1) is 5.82 Å². The quantitative estimate of drug-likeness (QED) is 0.602. The first-order chi connectivity index (χ1) is 16.9. The lowest BCUT2D eigenvalue weighted by atomic mass is 9.65. The fourth-order valence-electron chi connectivity index (χ4n) is 5.46. The topological polar surface area (TPSA) is 85.3 Å². The normalized spacial score (nSPS) is 23.7. The first kappa shape index (κ1) is 21.5. The van der Waals surface area contributed by atoms with Crippen LogP contribution in [0.5, 0.6) is 17.2 Å². The highest BCUT2D eigenvalue weighted by Gasteiger charge is 2.62. The van der Waals surface area contributed by atoms with E-state index in [2.05, 4.69) is 0 Å². The highest BCUT2D eigenvalue weighted by atomic mass is 19.1. The molecule has 0 saturated carbocycles. The summed E-state index contributed by atoms with van der Waals surface area (Å²) >= 11 is 0. The molecule has 8 heteroatoms. The zero-order valence-electron chi connectivity index (χ0n) is 18.9. The van der Waals surface area contributed by atoms with E-state index in [-0.39, 0.29) is 43.7 Å². The molecule has 0 saturated heterocycles. The molecule has 178 valence electrons. The molecule has 0 aliphatic carbocycles. The van der Waals surface area contributed by atoms with Crippen molar-refractivity contribution in [3.05, 3.63) is 83.2 Å². The minimum absolute atomic E-state index is 0.0320.